The van der Waals surface area contributed by atoms with E-state index in [4.69, 9.17) is 0 Å². The van der Waals surface area contributed by atoms with E-state index in [1.165, 1.54) is 12.4 Å². The predicted octanol–water partition coefficient (Wildman–Crippen LogP) is 0.601. The standard InChI is InChI=1S/C14H21N5O2/c1-14(2,3)17-13-15-8-11(9-16-13)12(21)19-6-4-18(10-20)5-7-19/h8-10H,4-7H2,1-3H3,(H,15,16,17). The molecule has 0 aromatic carbocycles. The maximum atomic E-state index is 12.3. The van der Waals surface area contributed by atoms with Crippen LogP contribution in [-0.4, -0.2) is 63.8 Å². The summed E-state index contributed by atoms with van der Waals surface area (Å²) in [6.45, 7) is 8.27. The molecule has 114 valence electrons. The molecule has 0 atom stereocenters. The number of piperazine rings is 1. The number of anilines is 1. The molecule has 0 radical (unpaired) electrons. The lowest BCUT2D eigenvalue weighted by molar-refractivity contribution is -0.119. The summed E-state index contributed by atoms with van der Waals surface area (Å²) in [4.78, 5) is 34.7. The van der Waals surface area contributed by atoms with E-state index in [-0.39, 0.29) is 11.4 Å². The van der Waals surface area contributed by atoms with Gasteiger partial charge in [-0.3, -0.25) is 9.59 Å². The third-order valence-corrected chi connectivity index (χ3v) is 3.14. The number of aromatic nitrogens is 2. The molecule has 7 heteroatoms. The smallest absolute Gasteiger partial charge is 0.257 e. The van der Waals surface area contributed by atoms with Gasteiger partial charge >= 0.3 is 0 Å². The van der Waals surface area contributed by atoms with Crippen molar-refractivity contribution < 1.29 is 9.59 Å². The highest BCUT2D eigenvalue weighted by Crippen LogP contribution is 2.11. The van der Waals surface area contributed by atoms with Gasteiger partial charge in [0.2, 0.25) is 12.4 Å². The van der Waals surface area contributed by atoms with Crippen LogP contribution >= 0.6 is 0 Å². The minimum Gasteiger partial charge on any atom is -0.350 e. The molecule has 1 saturated heterocycles. The fourth-order valence-electron chi connectivity index (χ4n) is 2.05. The van der Waals surface area contributed by atoms with Crippen molar-refractivity contribution in [2.45, 2.75) is 26.3 Å². The van der Waals surface area contributed by atoms with Gasteiger partial charge in [0, 0.05) is 44.1 Å². The molecular weight excluding hydrogens is 270 g/mol. The first-order valence-corrected chi connectivity index (χ1v) is 6.98. The second kappa shape index (κ2) is 6.07. The topological polar surface area (TPSA) is 78.4 Å². The van der Waals surface area contributed by atoms with Crippen molar-refractivity contribution in [3.05, 3.63) is 18.0 Å². The van der Waals surface area contributed by atoms with Gasteiger partial charge in [0.05, 0.1) is 5.56 Å². The quantitative estimate of drug-likeness (QED) is 0.825. The lowest BCUT2D eigenvalue weighted by Gasteiger charge is -2.32. The zero-order valence-electron chi connectivity index (χ0n) is 12.7. The van der Waals surface area contributed by atoms with Crippen LogP contribution in [0.4, 0.5) is 5.95 Å². The Morgan fingerprint density at radius 2 is 1.76 bits per heavy atom. The van der Waals surface area contributed by atoms with Crippen LogP contribution in [0.1, 0.15) is 31.1 Å². The van der Waals surface area contributed by atoms with Gasteiger partial charge in [-0.25, -0.2) is 9.97 Å². The summed E-state index contributed by atoms with van der Waals surface area (Å²) in [6.07, 6.45) is 3.89. The molecule has 1 fully saturated rings. The van der Waals surface area contributed by atoms with E-state index < -0.39 is 0 Å². The van der Waals surface area contributed by atoms with Crippen LogP contribution in [0.2, 0.25) is 0 Å². The highest BCUT2D eigenvalue weighted by Gasteiger charge is 2.22. The van der Waals surface area contributed by atoms with Crippen molar-refractivity contribution in [2.24, 2.45) is 0 Å². The Kier molecular flexibility index (Phi) is 4.40. The van der Waals surface area contributed by atoms with E-state index in [1.807, 2.05) is 20.8 Å². The number of carbonyl (C=O) groups is 2. The highest BCUT2D eigenvalue weighted by molar-refractivity contribution is 5.93. The van der Waals surface area contributed by atoms with Gasteiger partial charge in [-0.15, -0.1) is 0 Å². The maximum Gasteiger partial charge on any atom is 0.257 e. The van der Waals surface area contributed by atoms with Gasteiger partial charge in [-0.2, -0.15) is 0 Å². The minimum absolute atomic E-state index is 0.0946. The Hall–Kier alpha value is -2.18. The average molecular weight is 291 g/mol. The van der Waals surface area contributed by atoms with Crippen LogP contribution in [0.25, 0.3) is 0 Å². The van der Waals surface area contributed by atoms with Crippen molar-refractivity contribution in [2.75, 3.05) is 31.5 Å². The number of hydrogen-bond donors (Lipinski definition) is 1. The number of rotatable bonds is 3. The van der Waals surface area contributed by atoms with Crippen LogP contribution < -0.4 is 5.32 Å². The molecule has 1 aromatic rings. The molecule has 1 aromatic heterocycles. The molecule has 2 rings (SSSR count). The van der Waals surface area contributed by atoms with Gasteiger partial charge in [-0.1, -0.05) is 0 Å². The highest BCUT2D eigenvalue weighted by atomic mass is 16.2. The lowest BCUT2D eigenvalue weighted by Crippen LogP contribution is -2.48. The third-order valence-electron chi connectivity index (χ3n) is 3.14. The Labute approximate surface area is 124 Å². The monoisotopic (exact) mass is 291 g/mol. The fraction of sp³-hybridized carbons (Fsp3) is 0.571. The van der Waals surface area contributed by atoms with Crippen LogP contribution in [0.3, 0.4) is 0 Å². The molecule has 0 aliphatic carbocycles. The molecule has 1 N–H and O–H groups in total. The van der Waals surface area contributed by atoms with Gasteiger partial charge in [0.25, 0.3) is 5.91 Å². The summed E-state index contributed by atoms with van der Waals surface area (Å²) >= 11 is 0. The summed E-state index contributed by atoms with van der Waals surface area (Å²) in [5, 5.41) is 3.15. The third kappa shape index (κ3) is 4.14. The van der Waals surface area contributed by atoms with E-state index in [0.29, 0.717) is 37.7 Å². The van der Waals surface area contributed by atoms with Crippen molar-refractivity contribution >= 4 is 18.3 Å². The molecule has 1 aliphatic rings. The van der Waals surface area contributed by atoms with E-state index >= 15 is 0 Å². The summed E-state index contributed by atoms with van der Waals surface area (Å²) in [6, 6.07) is 0. The zero-order valence-corrected chi connectivity index (χ0v) is 12.7. The van der Waals surface area contributed by atoms with Gasteiger partial charge in [-0.05, 0) is 20.8 Å². The summed E-state index contributed by atoms with van der Waals surface area (Å²) in [7, 11) is 0. The Balaban J connectivity index is 1.99. The van der Waals surface area contributed by atoms with E-state index in [2.05, 4.69) is 15.3 Å². The summed E-state index contributed by atoms with van der Waals surface area (Å²) in [5.41, 5.74) is 0.338. The van der Waals surface area contributed by atoms with Crippen LogP contribution in [0.15, 0.2) is 12.4 Å². The fourth-order valence-corrected chi connectivity index (χ4v) is 2.05. The van der Waals surface area contributed by atoms with Crippen LogP contribution in [-0.2, 0) is 4.79 Å². The molecule has 2 amide bonds. The van der Waals surface area contributed by atoms with E-state index in [1.54, 1.807) is 9.80 Å². The maximum absolute atomic E-state index is 12.3. The molecule has 21 heavy (non-hydrogen) atoms. The number of nitrogens with zero attached hydrogens (tertiary/aromatic N) is 4. The van der Waals surface area contributed by atoms with Crippen molar-refractivity contribution in [1.82, 2.24) is 19.8 Å². The Bertz CT molecular complexity index is 501. The molecule has 1 aliphatic heterocycles. The number of hydrogen-bond acceptors (Lipinski definition) is 5. The van der Waals surface area contributed by atoms with E-state index in [0.717, 1.165) is 6.41 Å². The molecule has 0 saturated carbocycles. The van der Waals surface area contributed by atoms with Gasteiger partial charge in [0.1, 0.15) is 0 Å². The van der Waals surface area contributed by atoms with Crippen molar-refractivity contribution in [1.29, 1.82) is 0 Å². The minimum atomic E-state index is -0.128. The first-order chi connectivity index (χ1) is 9.89. The molecule has 7 nitrogen and oxygen atoms in total. The Morgan fingerprint density at radius 1 is 1.19 bits per heavy atom. The van der Waals surface area contributed by atoms with E-state index in [9.17, 15) is 9.59 Å². The summed E-state index contributed by atoms with van der Waals surface area (Å²) < 4.78 is 0. The molecule has 0 unspecified atom stereocenters. The summed E-state index contributed by atoms with van der Waals surface area (Å²) in [5.74, 6) is 0.410. The second-order valence-corrected chi connectivity index (χ2v) is 6.10. The first kappa shape index (κ1) is 15.2. The SMILES string of the molecule is CC(C)(C)Nc1ncc(C(=O)N2CCN(C=O)CC2)cn1. The van der Waals surface area contributed by atoms with Crippen molar-refractivity contribution in [3.8, 4) is 0 Å². The molecule has 2 heterocycles. The first-order valence-electron chi connectivity index (χ1n) is 6.98. The number of amides is 2. The molecule has 0 bridgehead atoms. The normalized spacial score (nSPS) is 15.8. The second-order valence-electron chi connectivity index (χ2n) is 6.10. The number of nitrogens with one attached hydrogen (secondary N) is 1. The van der Waals surface area contributed by atoms with Gasteiger partial charge in [0.15, 0.2) is 0 Å². The Morgan fingerprint density at radius 3 is 2.24 bits per heavy atom. The lowest BCUT2D eigenvalue weighted by atomic mass is 10.1. The zero-order chi connectivity index (χ0) is 15.5. The number of carbonyl (C=O) groups excluding carboxylic acids is 2. The van der Waals surface area contributed by atoms with Crippen molar-refractivity contribution in [3.63, 3.8) is 0 Å². The largest absolute Gasteiger partial charge is 0.350 e. The average Bonchev–Trinajstić information content (AvgIpc) is 2.46. The van der Waals surface area contributed by atoms with Crippen LogP contribution in [0.5, 0.6) is 0 Å². The van der Waals surface area contributed by atoms with Gasteiger partial charge < -0.3 is 15.1 Å². The van der Waals surface area contributed by atoms with Crippen LogP contribution in [0, 0.1) is 0 Å². The molecular formula is C14H21N5O2. The predicted molar refractivity (Wildman–Crippen MR) is 78.9 cm³/mol. The molecule has 0 spiro atoms.